The number of H-pyrrole nitrogens is 1. The van der Waals surface area contributed by atoms with Crippen LogP contribution in [0.3, 0.4) is 0 Å². The molecule has 0 radical (unpaired) electrons. The normalized spacial score (nSPS) is 15.0. The lowest BCUT2D eigenvalue weighted by molar-refractivity contribution is -0.129. The van der Waals surface area contributed by atoms with Crippen molar-refractivity contribution in [3.63, 3.8) is 0 Å². The number of benzene rings is 2. The van der Waals surface area contributed by atoms with Crippen molar-refractivity contribution in [3.05, 3.63) is 71.5 Å². The molecule has 2 heterocycles. The van der Waals surface area contributed by atoms with E-state index in [1.165, 1.54) is 17.3 Å². The molecule has 31 heavy (non-hydrogen) atoms. The first-order chi connectivity index (χ1) is 15.1. The second-order valence-corrected chi connectivity index (χ2v) is 8.46. The van der Waals surface area contributed by atoms with Gasteiger partial charge >= 0.3 is 0 Å². The van der Waals surface area contributed by atoms with Gasteiger partial charge in [-0.2, -0.15) is 0 Å². The topological polar surface area (TPSA) is 67.5 Å². The minimum atomic E-state index is -0.174. The molecule has 0 bridgehead atoms. The molecule has 4 rings (SSSR count). The Bertz CT molecular complexity index is 1020. The van der Waals surface area contributed by atoms with Gasteiger partial charge in [-0.15, -0.1) is 0 Å². The van der Waals surface area contributed by atoms with Gasteiger partial charge in [-0.25, -0.2) is 4.98 Å². The average molecular weight is 438 g/mol. The van der Waals surface area contributed by atoms with Gasteiger partial charge in [0.1, 0.15) is 6.61 Å². The van der Waals surface area contributed by atoms with Gasteiger partial charge in [-0.1, -0.05) is 54.2 Å². The lowest BCUT2D eigenvalue weighted by atomic mass is 10.1. The Labute approximate surface area is 187 Å². The van der Waals surface area contributed by atoms with Gasteiger partial charge in [0.2, 0.25) is 5.91 Å². The third-order valence-corrected chi connectivity index (χ3v) is 6.09. The van der Waals surface area contributed by atoms with E-state index in [-0.39, 0.29) is 12.0 Å². The number of carbonyl (C=O) groups excluding carboxylic acids is 1. The highest BCUT2D eigenvalue weighted by Gasteiger charge is 2.25. The minimum absolute atomic E-state index is 0.0635. The zero-order valence-corrected chi connectivity index (χ0v) is 18.7. The van der Waals surface area contributed by atoms with Crippen molar-refractivity contribution in [1.29, 1.82) is 0 Å². The van der Waals surface area contributed by atoms with Gasteiger partial charge < -0.3 is 19.4 Å². The van der Waals surface area contributed by atoms with Gasteiger partial charge in [0.25, 0.3) is 0 Å². The predicted octanol–water partition coefficient (Wildman–Crippen LogP) is 4.09. The van der Waals surface area contributed by atoms with E-state index < -0.39 is 0 Å². The van der Waals surface area contributed by atoms with E-state index in [2.05, 4.69) is 17.1 Å². The average Bonchev–Trinajstić information content (AvgIpc) is 3.15. The van der Waals surface area contributed by atoms with Crippen LogP contribution in [-0.4, -0.2) is 52.3 Å². The number of amides is 1. The molecule has 162 valence electrons. The molecule has 1 aromatic heterocycles. The zero-order chi connectivity index (χ0) is 21.6. The fraction of sp³-hybridized carbons (Fsp3) is 0.333. The van der Waals surface area contributed by atoms with E-state index in [0.29, 0.717) is 25.4 Å². The smallest absolute Gasteiger partial charge is 0.233 e. The summed E-state index contributed by atoms with van der Waals surface area (Å²) in [5, 5.41) is 0.777. The molecule has 6 nitrogen and oxygen atoms in total. The molecule has 1 amide bonds. The first-order valence-corrected chi connectivity index (χ1v) is 11.5. The van der Waals surface area contributed by atoms with Crippen molar-refractivity contribution in [2.75, 3.05) is 25.4 Å². The van der Waals surface area contributed by atoms with Crippen LogP contribution in [0.15, 0.2) is 59.8 Å². The number of aromatic nitrogens is 2. The summed E-state index contributed by atoms with van der Waals surface area (Å²) in [6.45, 7) is 5.56. The number of imidazole rings is 1. The predicted molar refractivity (Wildman–Crippen MR) is 122 cm³/mol. The zero-order valence-electron chi connectivity index (χ0n) is 17.8. The quantitative estimate of drug-likeness (QED) is 0.538. The lowest BCUT2D eigenvalue weighted by Crippen LogP contribution is -2.44. The van der Waals surface area contributed by atoms with Crippen LogP contribution in [0.5, 0.6) is 11.5 Å². The van der Waals surface area contributed by atoms with Crippen molar-refractivity contribution < 1.29 is 14.3 Å². The van der Waals surface area contributed by atoms with Crippen LogP contribution in [0.1, 0.15) is 23.9 Å². The molecule has 1 N–H and O–H groups in total. The number of para-hydroxylation sites is 2. The summed E-state index contributed by atoms with van der Waals surface area (Å²) in [6, 6.07) is 17.9. The summed E-state index contributed by atoms with van der Waals surface area (Å²) < 4.78 is 11.8. The number of carbonyl (C=O) groups is 1. The number of ether oxygens (including phenoxy) is 2. The standard InChI is InChI=1S/C24H27N3O3S/c1-3-27(14-19-15-29-21-11-7-8-12-22(21)30-19)23(28)16-31-24-25-17(2)20(26-24)13-18-9-5-4-6-10-18/h4-12,19H,3,13-16H2,1-2H3,(H,25,26)/t19-/m1/s1. The Hall–Kier alpha value is -2.93. The number of aromatic amines is 1. The molecule has 0 aliphatic carbocycles. The Morgan fingerprint density at radius 3 is 2.68 bits per heavy atom. The van der Waals surface area contributed by atoms with Crippen LogP contribution in [0, 0.1) is 6.92 Å². The Balaban J connectivity index is 1.31. The maximum atomic E-state index is 12.8. The van der Waals surface area contributed by atoms with Crippen LogP contribution in [0.4, 0.5) is 0 Å². The molecule has 1 aliphatic rings. The second-order valence-electron chi connectivity index (χ2n) is 7.49. The van der Waals surface area contributed by atoms with Crippen molar-refractivity contribution in [3.8, 4) is 11.5 Å². The number of nitrogens with one attached hydrogen (secondary N) is 1. The molecule has 3 aromatic rings. The highest BCUT2D eigenvalue weighted by atomic mass is 32.2. The van der Waals surface area contributed by atoms with Gasteiger partial charge in [0, 0.05) is 18.7 Å². The van der Waals surface area contributed by atoms with Crippen molar-refractivity contribution in [2.24, 2.45) is 0 Å². The van der Waals surface area contributed by atoms with Gasteiger partial charge in [0.05, 0.1) is 18.0 Å². The highest BCUT2D eigenvalue weighted by molar-refractivity contribution is 7.99. The maximum Gasteiger partial charge on any atom is 0.233 e. The third kappa shape index (κ3) is 5.41. The lowest BCUT2D eigenvalue weighted by Gasteiger charge is -2.30. The number of fused-ring (bicyclic) bond motifs is 1. The summed E-state index contributed by atoms with van der Waals surface area (Å²) in [5.41, 5.74) is 3.27. The van der Waals surface area contributed by atoms with E-state index in [4.69, 9.17) is 14.5 Å². The van der Waals surface area contributed by atoms with Crippen LogP contribution in [0.2, 0.25) is 0 Å². The number of nitrogens with zero attached hydrogens (tertiary/aromatic N) is 2. The molecule has 0 saturated carbocycles. The highest BCUT2D eigenvalue weighted by Crippen LogP contribution is 2.31. The van der Waals surface area contributed by atoms with Gasteiger partial charge in [0.15, 0.2) is 22.8 Å². The van der Waals surface area contributed by atoms with E-state index in [9.17, 15) is 4.79 Å². The number of hydrogen-bond acceptors (Lipinski definition) is 5. The van der Waals surface area contributed by atoms with Crippen LogP contribution in [0.25, 0.3) is 0 Å². The Morgan fingerprint density at radius 1 is 1.16 bits per heavy atom. The Morgan fingerprint density at radius 2 is 1.90 bits per heavy atom. The molecule has 1 aliphatic heterocycles. The van der Waals surface area contributed by atoms with Gasteiger partial charge in [-0.05, 0) is 31.5 Å². The molecule has 0 unspecified atom stereocenters. The first kappa shape index (κ1) is 21.3. The number of aryl methyl sites for hydroxylation is 1. The van der Waals surface area contributed by atoms with Crippen LogP contribution in [-0.2, 0) is 11.2 Å². The van der Waals surface area contributed by atoms with Gasteiger partial charge in [-0.3, -0.25) is 4.79 Å². The van der Waals surface area contributed by atoms with Crippen molar-refractivity contribution in [2.45, 2.75) is 31.5 Å². The molecule has 0 saturated heterocycles. The summed E-state index contributed by atoms with van der Waals surface area (Å²) in [4.78, 5) is 22.6. The van der Waals surface area contributed by atoms with Crippen molar-refractivity contribution >= 4 is 17.7 Å². The monoisotopic (exact) mass is 437 g/mol. The number of likely N-dealkylation sites (N-methyl/N-ethyl adjacent to an activating group) is 1. The summed E-state index contributed by atoms with van der Waals surface area (Å²) in [5.74, 6) is 1.88. The summed E-state index contributed by atoms with van der Waals surface area (Å²) in [6.07, 6.45) is 0.603. The molecule has 0 fully saturated rings. The molecule has 0 spiro atoms. The van der Waals surface area contributed by atoms with Crippen LogP contribution >= 0.6 is 11.8 Å². The molecular formula is C24H27N3O3S. The summed E-state index contributed by atoms with van der Waals surface area (Å²) in [7, 11) is 0. The van der Waals surface area contributed by atoms with Crippen LogP contribution < -0.4 is 9.47 Å². The first-order valence-electron chi connectivity index (χ1n) is 10.5. The van der Waals surface area contributed by atoms with E-state index >= 15 is 0 Å². The van der Waals surface area contributed by atoms with E-state index in [0.717, 1.165) is 34.5 Å². The second kappa shape index (κ2) is 9.92. The molecular weight excluding hydrogens is 410 g/mol. The van der Waals surface area contributed by atoms with Crippen molar-refractivity contribution in [1.82, 2.24) is 14.9 Å². The van der Waals surface area contributed by atoms with E-state index in [1.54, 1.807) is 0 Å². The molecule has 2 aromatic carbocycles. The Kier molecular flexibility index (Phi) is 6.82. The molecule has 1 atom stereocenters. The fourth-order valence-electron chi connectivity index (χ4n) is 3.52. The maximum absolute atomic E-state index is 12.8. The minimum Gasteiger partial charge on any atom is -0.486 e. The fourth-order valence-corrected chi connectivity index (χ4v) is 4.37. The largest absolute Gasteiger partial charge is 0.486 e. The number of rotatable bonds is 8. The third-order valence-electron chi connectivity index (χ3n) is 5.24. The number of hydrogen-bond donors (Lipinski definition) is 1. The molecule has 7 heteroatoms. The summed E-state index contributed by atoms with van der Waals surface area (Å²) >= 11 is 1.44. The number of thioether (sulfide) groups is 1. The SMILES string of the molecule is CCN(C[C@@H]1COc2ccccc2O1)C(=O)CSc1nc(Cc2ccccc2)c(C)[nH]1. The van der Waals surface area contributed by atoms with E-state index in [1.807, 2.05) is 61.2 Å².